The fourth-order valence-corrected chi connectivity index (χ4v) is 3.67. The Labute approximate surface area is 151 Å². The summed E-state index contributed by atoms with van der Waals surface area (Å²) in [5, 5.41) is 24.4. The van der Waals surface area contributed by atoms with Crippen molar-refractivity contribution >= 4 is 27.3 Å². The van der Waals surface area contributed by atoms with Crippen molar-refractivity contribution in [1.82, 2.24) is 29.8 Å². The van der Waals surface area contributed by atoms with Crippen LogP contribution in [-0.2, 0) is 0 Å². The van der Waals surface area contributed by atoms with Crippen molar-refractivity contribution < 1.29 is 5.11 Å². The molecule has 0 spiro atoms. The fraction of sp³-hybridized carbons (Fsp3) is 0.0556. The lowest BCUT2D eigenvalue weighted by atomic mass is 10.1. The Bertz CT molecular complexity index is 1260. The molecule has 0 atom stereocenters. The molecule has 0 aliphatic rings. The predicted molar refractivity (Wildman–Crippen MR) is 99.0 cm³/mol. The third kappa shape index (κ3) is 2.31. The van der Waals surface area contributed by atoms with E-state index in [0.717, 1.165) is 27.2 Å². The van der Waals surface area contributed by atoms with Gasteiger partial charge in [-0.25, -0.2) is 9.97 Å². The van der Waals surface area contributed by atoms with Crippen molar-refractivity contribution in [3.05, 3.63) is 54.4 Å². The highest BCUT2D eigenvalue weighted by molar-refractivity contribution is 7.19. The van der Waals surface area contributed by atoms with Gasteiger partial charge in [0.2, 0.25) is 4.96 Å². The lowest BCUT2D eigenvalue weighted by Crippen LogP contribution is -1.96. The van der Waals surface area contributed by atoms with E-state index < -0.39 is 0 Å². The Balaban J connectivity index is 1.68. The number of phenols is 1. The van der Waals surface area contributed by atoms with Crippen LogP contribution in [0.5, 0.6) is 5.75 Å². The van der Waals surface area contributed by atoms with E-state index in [9.17, 15) is 5.11 Å². The van der Waals surface area contributed by atoms with E-state index in [-0.39, 0.29) is 5.75 Å². The number of phenolic OH excluding ortho intramolecular Hbond substituents is 1. The van der Waals surface area contributed by atoms with E-state index in [0.29, 0.717) is 16.4 Å². The van der Waals surface area contributed by atoms with Gasteiger partial charge in [-0.05, 0) is 49.4 Å². The molecule has 8 heteroatoms. The molecule has 0 amide bonds. The molecule has 1 aromatic carbocycles. The summed E-state index contributed by atoms with van der Waals surface area (Å²) in [6.07, 6.45) is 1.73. The summed E-state index contributed by atoms with van der Waals surface area (Å²) < 4.78 is 1.74. The van der Waals surface area contributed by atoms with Gasteiger partial charge in [0.25, 0.3) is 0 Å². The number of hydrogen-bond donors (Lipinski definition) is 1. The van der Waals surface area contributed by atoms with Gasteiger partial charge in [0.15, 0.2) is 11.5 Å². The highest BCUT2D eigenvalue weighted by Gasteiger charge is 2.17. The fourth-order valence-electron chi connectivity index (χ4n) is 2.83. The maximum atomic E-state index is 9.46. The van der Waals surface area contributed by atoms with Gasteiger partial charge in [-0.3, -0.25) is 0 Å². The maximum absolute atomic E-state index is 9.46. The number of aryl methyl sites for hydroxylation is 1. The zero-order chi connectivity index (χ0) is 17.7. The van der Waals surface area contributed by atoms with Crippen LogP contribution < -0.4 is 0 Å². The molecule has 1 N–H and O–H groups in total. The molecule has 5 aromatic rings. The Morgan fingerprint density at radius 2 is 1.92 bits per heavy atom. The summed E-state index contributed by atoms with van der Waals surface area (Å²) >= 11 is 1.45. The number of pyridine rings is 2. The van der Waals surface area contributed by atoms with E-state index in [2.05, 4.69) is 25.3 Å². The van der Waals surface area contributed by atoms with Crippen molar-refractivity contribution in [2.24, 2.45) is 0 Å². The molecular formula is C18H12N6OS. The number of rotatable bonds is 2. The van der Waals surface area contributed by atoms with Crippen molar-refractivity contribution in [2.75, 3.05) is 0 Å². The molecule has 5 rings (SSSR count). The Morgan fingerprint density at radius 1 is 1.08 bits per heavy atom. The van der Waals surface area contributed by atoms with Crippen LogP contribution >= 0.6 is 11.3 Å². The van der Waals surface area contributed by atoms with E-state index in [1.165, 1.54) is 11.3 Å². The largest absolute Gasteiger partial charge is 0.508 e. The van der Waals surface area contributed by atoms with Gasteiger partial charge in [0.05, 0.1) is 5.69 Å². The Morgan fingerprint density at radius 3 is 2.77 bits per heavy atom. The molecule has 4 aromatic heterocycles. The SMILES string of the molecule is Cc1nc2ncccc2cc1-c1nnc2sc(-c3ccc(O)cc3)nn12. The molecule has 26 heavy (non-hydrogen) atoms. The molecule has 0 fully saturated rings. The lowest BCUT2D eigenvalue weighted by molar-refractivity contribution is 0.475. The summed E-state index contributed by atoms with van der Waals surface area (Å²) in [4.78, 5) is 9.56. The van der Waals surface area contributed by atoms with Gasteiger partial charge >= 0.3 is 0 Å². The maximum Gasteiger partial charge on any atom is 0.235 e. The summed E-state index contributed by atoms with van der Waals surface area (Å²) in [6.45, 7) is 1.93. The van der Waals surface area contributed by atoms with Crippen LogP contribution in [0.25, 0.3) is 38.0 Å². The lowest BCUT2D eigenvalue weighted by Gasteiger charge is -2.04. The van der Waals surface area contributed by atoms with Crippen molar-refractivity contribution in [3.63, 3.8) is 0 Å². The first-order valence-electron chi connectivity index (χ1n) is 7.93. The van der Waals surface area contributed by atoms with E-state index in [1.807, 2.05) is 37.3 Å². The average Bonchev–Trinajstić information content (AvgIpc) is 3.23. The van der Waals surface area contributed by atoms with Crippen LogP contribution in [0.15, 0.2) is 48.7 Å². The molecule has 7 nitrogen and oxygen atoms in total. The van der Waals surface area contributed by atoms with Gasteiger partial charge in [-0.1, -0.05) is 11.3 Å². The quantitative estimate of drug-likeness (QED) is 0.518. The molecule has 126 valence electrons. The highest BCUT2D eigenvalue weighted by Crippen LogP contribution is 2.30. The monoisotopic (exact) mass is 360 g/mol. The molecule has 0 aliphatic carbocycles. The number of aromatic hydroxyl groups is 1. The minimum atomic E-state index is 0.226. The third-order valence-electron chi connectivity index (χ3n) is 4.13. The van der Waals surface area contributed by atoms with Crippen LogP contribution in [-0.4, -0.2) is 34.9 Å². The molecular weight excluding hydrogens is 348 g/mol. The van der Waals surface area contributed by atoms with E-state index in [1.54, 1.807) is 22.8 Å². The van der Waals surface area contributed by atoms with E-state index in [4.69, 9.17) is 0 Å². The molecule has 0 radical (unpaired) electrons. The normalized spacial score (nSPS) is 11.4. The number of hydrogen-bond acceptors (Lipinski definition) is 7. The molecule has 0 saturated heterocycles. The van der Waals surface area contributed by atoms with Gasteiger partial charge in [-0.2, -0.15) is 9.61 Å². The second-order valence-corrected chi connectivity index (χ2v) is 6.80. The minimum absolute atomic E-state index is 0.226. The van der Waals surface area contributed by atoms with Crippen LogP contribution in [0.2, 0.25) is 0 Å². The first-order chi connectivity index (χ1) is 12.7. The van der Waals surface area contributed by atoms with Crippen LogP contribution in [0.3, 0.4) is 0 Å². The average molecular weight is 360 g/mol. The third-order valence-corrected chi connectivity index (χ3v) is 5.07. The number of benzene rings is 1. The smallest absolute Gasteiger partial charge is 0.235 e. The molecule has 0 saturated carbocycles. The highest BCUT2D eigenvalue weighted by atomic mass is 32.1. The van der Waals surface area contributed by atoms with Crippen LogP contribution in [0.4, 0.5) is 0 Å². The van der Waals surface area contributed by atoms with Crippen molar-refractivity contribution in [2.45, 2.75) is 6.92 Å². The second-order valence-electron chi connectivity index (χ2n) is 5.84. The molecule has 0 unspecified atom stereocenters. The summed E-state index contributed by atoms with van der Waals surface area (Å²) in [7, 11) is 0. The molecule has 0 bridgehead atoms. The Hall–Kier alpha value is -3.39. The van der Waals surface area contributed by atoms with Gasteiger partial charge in [-0.15, -0.1) is 10.2 Å². The van der Waals surface area contributed by atoms with Crippen LogP contribution in [0, 0.1) is 6.92 Å². The van der Waals surface area contributed by atoms with Crippen molar-refractivity contribution in [3.8, 4) is 27.7 Å². The van der Waals surface area contributed by atoms with Crippen molar-refractivity contribution in [1.29, 1.82) is 0 Å². The first kappa shape index (κ1) is 14.9. The number of aromatic nitrogens is 6. The van der Waals surface area contributed by atoms with Gasteiger partial charge in [0.1, 0.15) is 10.8 Å². The molecule has 0 aliphatic heterocycles. The number of fused-ring (bicyclic) bond motifs is 2. The van der Waals surface area contributed by atoms with E-state index >= 15 is 0 Å². The van der Waals surface area contributed by atoms with Gasteiger partial charge in [0, 0.05) is 22.7 Å². The predicted octanol–water partition coefficient (Wildman–Crippen LogP) is 3.48. The standard InChI is InChI=1S/C18H12N6OS/c1-10-14(9-12-3-2-8-19-15(12)20-10)16-21-22-18-24(16)23-17(26-18)11-4-6-13(25)7-5-11/h2-9,25H,1H3. The van der Waals surface area contributed by atoms with Gasteiger partial charge < -0.3 is 5.11 Å². The Kier molecular flexibility index (Phi) is 3.19. The summed E-state index contributed by atoms with van der Waals surface area (Å²) in [5.74, 6) is 0.876. The first-order valence-corrected chi connectivity index (χ1v) is 8.75. The minimum Gasteiger partial charge on any atom is -0.508 e. The molecule has 4 heterocycles. The summed E-state index contributed by atoms with van der Waals surface area (Å²) in [6, 6.07) is 12.8. The van der Waals surface area contributed by atoms with Crippen LogP contribution in [0.1, 0.15) is 5.69 Å². The second kappa shape index (κ2) is 5.57. The topological polar surface area (TPSA) is 89.1 Å². The number of nitrogens with zero attached hydrogens (tertiary/aromatic N) is 6. The zero-order valence-electron chi connectivity index (χ0n) is 13.7. The summed E-state index contributed by atoms with van der Waals surface area (Å²) in [5.41, 5.74) is 3.32. The zero-order valence-corrected chi connectivity index (χ0v) is 14.5.